The molecule has 1 fully saturated rings. The molecule has 1 saturated carbocycles. The fraction of sp³-hybridized carbons (Fsp3) is 0.250. The number of benzene rings is 3. The Balaban J connectivity index is 1.59. The van der Waals surface area contributed by atoms with Crippen LogP contribution in [0.2, 0.25) is 0 Å². The highest BCUT2D eigenvalue weighted by Gasteiger charge is 2.24. The zero-order valence-electron chi connectivity index (χ0n) is 20.2. The van der Waals surface area contributed by atoms with Crippen LogP contribution in [0.3, 0.4) is 0 Å². The fourth-order valence-electron chi connectivity index (χ4n) is 4.24. The van der Waals surface area contributed by atoms with Crippen molar-refractivity contribution in [3.05, 3.63) is 104 Å². The second kappa shape index (κ2) is 9.73. The summed E-state index contributed by atoms with van der Waals surface area (Å²) in [6, 6.07) is 20.1. The van der Waals surface area contributed by atoms with Crippen molar-refractivity contribution < 1.29 is 14.3 Å². The van der Waals surface area contributed by atoms with E-state index in [4.69, 9.17) is 9.47 Å². The molecule has 8 nitrogen and oxygen atoms in total. The maximum absolute atomic E-state index is 13.7. The predicted octanol–water partition coefficient (Wildman–Crippen LogP) is 3.17. The van der Waals surface area contributed by atoms with Gasteiger partial charge in [0.1, 0.15) is 0 Å². The number of methoxy groups -OCH3 is 2. The van der Waals surface area contributed by atoms with Crippen molar-refractivity contribution in [1.82, 2.24) is 14.5 Å². The lowest BCUT2D eigenvalue weighted by Crippen LogP contribution is -2.40. The van der Waals surface area contributed by atoms with Crippen LogP contribution >= 0.6 is 0 Å². The Morgan fingerprint density at radius 1 is 0.861 bits per heavy atom. The molecule has 0 spiro atoms. The maximum Gasteiger partial charge on any atom is 0.332 e. The molecule has 36 heavy (non-hydrogen) atoms. The molecule has 1 aliphatic carbocycles. The summed E-state index contributed by atoms with van der Waals surface area (Å²) < 4.78 is 13.6. The van der Waals surface area contributed by atoms with Gasteiger partial charge in [0.15, 0.2) is 11.5 Å². The molecule has 8 heteroatoms. The van der Waals surface area contributed by atoms with Gasteiger partial charge in [0, 0.05) is 17.7 Å². The van der Waals surface area contributed by atoms with Crippen molar-refractivity contribution in [2.75, 3.05) is 14.2 Å². The molecule has 3 aromatic carbocycles. The van der Waals surface area contributed by atoms with Crippen molar-refractivity contribution in [1.29, 1.82) is 0 Å². The van der Waals surface area contributed by atoms with E-state index in [-0.39, 0.29) is 25.0 Å². The van der Waals surface area contributed by atoms with Gasteiger partial charge < -0.3 is 14.8 Å². The van der Waals surface area contributed by atoms with Crippen molar-refractivity contribution >= 4 is 16.8 Å². The van der Waals surface area contributed by atoms with Gasteiger partial charge in [-0.25, -0.2) is 4.79 Å². The van der Waals surface area contributed by atoms with E-state index in [0.717, 1.165) is 24.0 Å². The average Bonchev–Trinajstić information content (AvgIpc) is 3.73. The number of hydrogen-bond acceptors (Lipinski definition) is 5. The Morgan fingerprint density at radius 3 is 2.11 bits per heavy atom. The number of hydrogen-bond donors (Lipinski definition) is 1. The summed E-state index contributed by atoms with van der Waals surface area (Å²) in [5, 5.41) is 3.31. The highest BCUT2D eigenvalue weighted by Crippen LogP contribution is 2.30. The third kappa shape index (κ3) is 4.62. The number of nitrogens with zero attached hydrogens (tertiary/aromatic N) is 2. The van der Waals surface area contributed by atoms with Gasteiger partial charge in [0.25, 0.3) is 11.5 Å². The van der Waals surface area contributed by atoms with Gasteiger partial charge in [0.05, 0.1) is 38.2 Å². The molecular weight excluding hydrogens is 458 g/mol. The summed E-state index contributed by atoms with van der Waals surface area (Å²) in [5.41, 5.74) is 1.83. The first-order valence-electron chi connectivity index (χ1n) is 11.8. The number of aromatic nitrogens is 2. The summed E-state index contributed by atoms with van der Waals surface area (Å²) in [5.74, 6) is 0.728. The maximum atomic E-state index is 13.7. The minimum atomic E-state index is -0.431. The molecule has 0 unspecified atom stereocenters. The molecule has 184 valence electrons. The lowest BCUT2D eigenvalue weighted by atomic mass is 10.1. The van der Waals surface area contributed by atoms with Crippen LogP contribution in [0.15, 0.2) is 76.3 Å². The Bertz CT molecular complexity index is 1530. The second-order valence-electron chi connectivity index (χ2n) is 8.91. The number of amides is 1. The minimum absolute atomic E-state index is 0.0707. The first-order valence-corrected chi connectivity index (χ1v) is 11.8. The lowest BCUT2D eigenvalue weighted by molar-refractivity contribution is 0.0951. The number of rotatable bonds is 8. The van der Waals surface area contributed by atoms with Gasteiger partial charge in [0.2, 0.25) is 0 Å². The third-order valence-electron chi connectivity index (χ3n) is 6.38. The molecule has 1 aliphatic rings. The first-order chi connectivity index (χ1) is 17.5. The zero-order chi connectivity index (χ0) is 25.2. The molecule has 1 N–H and O–H groups in total. The molecule has 0 aliphatic heterocycles. The fourth-order valence-corrected chi connectivity index (χ4v) is 4.24. The summed E-state index contributed by atoms with van der Waals surface area (Å²) in [6.07, 6.45) is 2.03. The van der Waals surface area contributed by atoms with Gasteiger partial charge in [-0.05, 0) is 42.2 Å². The molecule has 0 atom stereocenters. The molecule has 1 heterocycles. The molecule has 0 bridgehead atoms. The van der Waals surface area contributed by atoms with E-state index in [1.807, 2.05) is 30.3 Å². The zero-order valence-corrected chi connectivity index (χ0v) is 20.2. The van der Waals surface area contributed by atoms with Gasteiger partial charge in [-0.15, -0.1) is 0 Å². The van der Waals surface area contributed by atoms with Gasteiger partial charge >= 0.3 is 5.69 Å². The number of fused-ring (bicyclic) bond motifs is 1. The monoisotopic (exact) mass is 485 g/mol. The van der Waals surface area contributed by atoms with Crippen molar-refractivity contribution in [2.24, 2.45) is 0 Å². The van der Waals surface area contributed by atoms with Crippen LogP contribution in [0.5, 0.6) is 11.5 Å². The minimum Gasteiger partial charge on any atom is -0.493 e. The van der Waals surface area contributed by atoms with E-state index < -0.39 is 11.2 Å². The predicted molar refractivity (Wildman–Crippen MR) is 137 cm³/mol. The summed E-state index contributed by atoms with van der Waals surface area (Å²) >= 11 is 0. The normalized spacial score (nSPS) is 12.9. The van der Waals surface area contributed by atoms with Crippen LogP contribution in [-0.2, 0) is 13.1 Å². The topological polar surface area (TPSA) is 91.6 Å². The van der Waals surface area contributed by atoms with E-state index in [9.17, 15) is 14.4 Å². The second-order valence-corrected chi connectivity index (χ2v) is 8.91. The quantitative estimate of drug-likeness (QED) is 0.414. The van der Waals surface area contributed by atoms with Crippen LogP contribution in [0.4, 0.5) is 0 Å². The Morgan fingerprint density at radius 2 is 1.47 bits per heavy atom. The van der Waals surface area contributed by atoms with Gasteiger partial charge in [-0.2, -0.15) is 0 Å². The molecule has 1 aromatic heterocycles. The van der Waals surface area contributed by atoms with Crippen molar-refractivity contribution in [3.63, 3.8) is 0 Å². The first kappa shape index (κ1) is 23.4. The van der Waals surface area contributed by atoms with Crippen molar-refractivity contribution in [2.45, 2.75) is 32.0 Å². The number of carbonyl (C=O) groups is 1. The smallest absolute Gasteiger partial charge is 0.332 e. The highest BCUT2D eigenvalue weighted by molar-refractivity contribution is 5.94. The summed E-state index contributed by atoms with van der Waals surface area (Å²) in [6.45, 7) is 0.355. The van der Waals surface area contributed by atoms with E-state index in [2.05, 4.69) is 5.32 Å². The summed E-state index contributed by atoms with van der Waals surface area (Å²) in [4.78, 5) is 39.5. The Kier molecular flexibility index (Phi) is 6.33. The van der Waals surface area contributed by atoms with Gasteiger partial charge in [-0.3, -0.25) is 18.7 Å². The standard InChI is InChI=1S/C28H27N3O5/c1-35-24-14-22-23(15-25(24)36-2)30(16-18-6-4-3-5-7-18)28(34)31(27(22)33)17-19-8-10-20(11-9-19)26(32)29-21-12-13-21/h3-11,14-15,21H,12-13,16-17H2,1-2H3,(H,29,32). The molecule has 0 saturated heterocycles. The number of carbonyl (C=O) groups excluding carboxylic acids is 1. The van der Waals surface area contributed by atoms with Crippen molar-refractivity contribution in [3.8, 4) is 11.5 Å². The molecular formula is C28H27N3O5. The van der Waals surface area contributed by atoms with E-state index in [1.165, 1.54) is 18.8 Å². The van der Waals surface area contributed by atoms with Crippen LogP contribution in [0.1, 0.15) is 34.3 Å². The third-order valence-corrected chi connectivity index (χ3v) is 6.38. The van der Waals surface area contributed by atoms with Crippen LogP contribution < -0.4 is 26.0 Å². The molecule has 0 radical (unpaired) electrons. The highest BCUT2D eigenvalue weighted by atomic mass is 16.5. The average molecular weight is 486 g/mol. The van der Waals surface area contributed by atoms with E-state index in [1.54, 1.807) is 41.0 Å². The van der Waals surface area contributed by atoms with E-state index >= 15 is 0 Å². The molecule has 5 rings (SSSR count). The van der Waals surface area contributed by atoms with Gasteiger partial charge in [-0.1, -0.05) is 42.5 Å². The summed E-state index contributed by atoms with van der Waals surface area (Å²) in [7, 11) is 3.02. The van der Waals surface area contributed by atoms with Crippen LogP contribution in [0, 0.1) is 0 Å². The Hall–Kier alpha value is -4.33. The van der Waals surface area contributed by atoms with Crippen LogP contribution in [0.25, 0.3) is 10.9 Å². The SMILES string of the molecule is COc1cc2c(=O)n(Cc3ccc(C(=O)NC4CC4)cc3)c(=O)n(Cc3ccccc3)c2cc1OC. The number of nitrogens with one attached hydrogen (secondary N) is 1. The lowest BCUT2D eigenvalue weighted by Gasteiger charge is -2.17. The Labute approximate surface area is 207 Å². The molecule has 4 aromatic rings. The molecule has 1 amide bonds. The number of ether oxygens (including phenoxy) is 2. The van der Waals surface area contributed by atoms with E-state index in [0.29, 0.717) is 28.0 Å². The largest absolute Gasteiger partial charge is 0.493 e. The van der Waals surface area contributed by atoms with Crippen LogP contribution in [-0.4, -0.2) is 35.3 Å².